The molecule has 4 amide bonds. The standard InChI is InChI=1S/C20H22N4O4/c1-12-3-4-13(2)16(9-12)28-18-8-5-14(11-22-18)10-21-17(25)7-6-15-19(26)24-20(27)23-15/h3-5,8-9,11,15H,6-7,10H2,1-2H3,(H,21,25)(H2,23,24,26,27). The van der Waals surface area contributed by atoms with Gasteiger partial charge in [-0.1, -0.05) is 18.2 Å². The Balaban J connectivity index is 1.46. The molecule has 146 valence electrons. The lowest BCUT2D eigenvalue weighted by Gasteiger charge is -2.10. The minimum absolute atomic E-state index is 0.139. The number of rotatable bonds is 7. The summed E-state index contributed by atoms with van der Waals surface area (Å²) in [6, 6.07) is 8.38. The number of carbonyl (C=O) groups excluding carboxylic acids is 3. The van der Waals surface area contributed by atoms with E-state index in [2.05, 4.69) is 20.9 Å². The minimum atomic E-state index is -0.651. The summed E-state index contributed by atoms with van der Waals surface area (Å²) in [5, 5.41) is 7.37. The Kier molecular flexibility index (Phi) is 5.88. The fraction of sp³-hybridized carbons (Fsp3) is 0.300. The Bertz CT molecular complexity index is 896. The molecule has 1 aliphatic heterocycles. The Morgan fingerprint density at radius 1 is 1.21 bits per heavy atom. The molecule has 2 heterocycles. The van der Waals surface area contributed by atoms with E-state index in [-0.39, 0.29) is 18.7 Å². The second-order valence-corrected chi connectivity index (χ2v) is 6.71. The minimum Gasteiger partial charge on any atom is -0.439 e. The van der Waals surface area contributed by atoms with Crippen LogP contribution >= 0.6 is 0 Å². The molecular weight excluding hydrogens is 360 g/mol. The highest BCUT2D eigenvalue weighted by atomic mass is 16.5. The fourth-order valence-corrected chi connectivity index (χ4v) is 2.73. The van der Waals surface area contributed by atoms with Gasteiger partial charge in [0, 0.05) is 25.2 Å². The third kappa shape index (κ3) is 5.06. The number of hydrogen-bond acceptors (Lipinski definition) is 5. The molecule has 8 nitrogen and oxygen atoms in total. The molecule has 0 bridgehead atoms. The second kappa shape index (κ2) is 8.51. The molecule has 3 N–H and O–H groups in total. The number of ether oxygens (including phenoxy) is 1. The lowest BCUT2D eigenvalue weighted by molar-refractivity contribution is -0.122. The van der Waals surface area contributed by atoms with E-state index >= 15 is 0 Å². The Morgan fingerprint density at radius 3 is 2.71 bits per heavy atom. The van der Waals surface area contributed by atoms with Gasteiger partial charge in [-0.2, -0.15) is 0 Å². The van der Waals surface area contributed by atoms with Crippen LogP contribution < -0.4 is 20.7 Å². The number of nitrogens with one attached hydrogen (secondary N) is 3. The summed E-state index contributed by atoms with van der Waals surface area (Å²) < 4.78 is 5.81. The maximum atomic E-state index is 11.9. The third-order valence-electron chi connectivity index (χ3n) is 4.36. The Labute approximate surface area is 162 Å². The molecule has 1 atom stereocenters. The predicted molar refractivity (Wildman–Crippen MR) is 102 cm³/mol. The van der Waals surface area contributed by atoms with Crippen molar-refractivity contribution in [3.8, 4) is 11.6 Å². The van der Waals surface area contributed by atoms with Gasteiger partial charge in [0.2, 0.25) is 11.8 Å². The first-order valence-electron chi connectivity index (χ1n) is 8.99. The van der Waals surface area contributed by atoms with Crippen molar-refractivity contribution in [2.24, 2.45) is 0 Å². The fourth-order valence-electron chi connectivity index (χ4n) is 2.73. The van der Waals surface area contributed by atoms with E-state index in [1.807, 2.05) is 38.1 Å². The lowest BCUT2D eigenvalue weighted by atomic mass is 10.1. The van der Waals surface area contributed by atoms with Crippen LogP contribution in [0.4, 0.5) is 4.79 Å². The van der Waals surface area contributed by atoms with Gasteiger partial charge in [0.15, 0.2) is 0 Å². The van der Waals surface area contributed by atoms with Crippen LogP contribution in [0.25, 0.3) is 0 Å². The van der Waals surface area contributed by atoms with Gasteiger partial charge in [-0.05, 0) is 43.0 Å². The molecule has 8 heteroatoms. The normalized spacial score (nSPS) is 15.7. The summed E-state index contributed by atoms with van der Waals surface area (Å²) in [6.07, 6.45) is 2.04. The Hall–Kier alpha value is -3.42. The highest BCUT2D eigenvalue weighted by molar-refractivity contribution is 6.04. The monoisotopic (exact) mass is 382 g/mol. The van der Waals surface area contributed by atoms with Crippen molar-refractivity contribution >= 4 is 17.8 Å². The molecule has 1 aromatic carbocycles. The predicted octanol–water partition coefficient (Wildman–Crippen LogP) is 2.10. The number of aromatic nitrogens is 1. The van der Waals surface area contributed by atoms with Crippen LogP contribution in [0.1, 0.15) is 29.5 Å². The number of amides is 4. The van der Waals surface area contributed by atoms with E-state index in [4.69, 9.17) is 4.74 Å². The molecule has 1 fully saturated rings. The molecule has 0 radical (unpaired) electrons. The van der Waals surface area contributed by atoms with Gasteiger partial charge < -0.3 is 15.4 Å². The second-order valence-electron chi connectivity index (χ2n) is 6.71. The van der Waals surface area contributed by atoms with Gasteiger partial charge in [-0.3, -0.25) is 14.9 Å². The van der Waals surface area contributed by atoms with Crippen molar-refractivity contribution in [3.05, 3.63) is 53.2 Å². The number of urea groups is 1. The van der Waals surface area contributed by atoms with Gasteiger partial charge in [0.05, 0.1) is 0 Å². The molecular formula is C20H22N4O4. The van der Waals surface area contributed by atoms with E-state index < -0.39 is 18.0 Å². The molecule has 1 unspecified atom stereocenters. The van der Waals surface area contributed by atoms with Crippen LogP contribution in [0.5, 0.6) is 11.6 Å². The van der Waals surface area contributed by atoms with Gasteiger partial charge in [0.1, 0.15) is 11.8 Å². The van der Waals surface area contributed by atoms with Crippen molar-refractivity contribution in [3.63, 3.8) is 0 Å². The average Bonchev–Trinajstić information content (AvgIpc) is 2.99. The molecule has 0 saturated carbocycles. The van der Waals surface area contributed by atoms with Gasteiger partial charge in [-0.15, -0.1) is 0 Å². The van der Waals surface area contributed by atoms with Crippen molar-refractivity contribution in [2.75, 3.05) is 0 Å². The van der Waals surface area contributed by atoms with Crippen molar-refractivity contribution in [1.82, 2.24) is 20.9 Å². The summed E-state index contributed by atoms with van der Waals surface area (Å²) in [5.41, 5.74) is 2.96. The number of nitrogens with zero attached hydrogens (tertiary/aromatic N) is 1. The number of imide groups is 1. The lowest BCUT2D eigenvalue weighted by Crippen LogP contribution is -2.31. The van der Waals surface area contributed by atoms with Crippen LogP contribution in [0.15, 0.2) is 36.5 Å². The number of aryl methyl sites for hydroxylation is 2. The quantitative estimate of drug-likeness (QED) is 0.635. The first kappa shape index (κ1) is 19.3. The third-order valence-corrected chi connectivity index (χ3v) is 4.36. The van der Waals surface area contributed by atoms with E-state index in [0.29, 0.717) is 12.4 Å². The molecule has 0 spiro atoms. The van der Waals surface area contributed by atoms with Gasteiger partial charge in [-0.25, -0.2) is 9.78 Å². The molecule has 1 saturated heterocycles. The summed E-state index contributed by atoms with van der Waals surface area (Å²) in [4.78, 5) is 38.7. The number of benzene rings is 1. The number of hydrogen-bond donors (Lipinski definition) is 3. The van der Waals surface area contributed by atoms with Crippen molar-refractivity contribution < 1.29 is 19.1 Å². The summed E-state index contributed by atoms with van der Waals surface area (Å²) in [7, 11) is 0. The largest absolute Gasteiger partial charge is 0.439 e. The summed E-state index contributed by atoms with van der Waals surface area (Å²) in [6.45, 7) is 4.29. The van der Waals surface area contributed by atoms with Gasteiger partial charge >= 0.3 is 6.03 Å². The highest BCUT2D eigenvalue weighted by Gasteiger charge is 2.29. The molecule has 3 rings (SSSR count). The summed E-state index contributed by atoms with van der Waals surface area (Å²) >= 11 is 0. The SMILES string of the molecule is Cc1ccc(C)c(Oc2ccc(CNC(=O)CCC3NC(=O)NC3=O)cn2)c1. The molecule has 2 aromatic rings. The number of pyridine rings is 1. The highest BCUT2D eigenvalue weighted by Crippen LogP contribution is 2.24. The average molecular weight is 382 g/mol. The first-order valence-corrected chi connectivity index (χ1v) is 8.99. The maximum absolute atomic E-state index is 11.9. The van der Waals surface area contributed by atoms with Crippen LogP contribution in [-0.2, 0) is 16.1 Å². The smallest absolute Gasteiger partial charge is 0.322 e. The first-order chi connectivity index (χ1) is 13.4. The zero-order valence-corrected chi connectivity index (χ0v) is 15.7. The van der Waals surface area contributed by atoms with Crippen molar-refractivity contribution in [2.45, 2.75) is 39.3 Å². The van der Waals surface area contributed by atoms with E-state index in [1.54, 1.807) is 12.3 Å². The number of carbonyl (C=O) groups is 3. The van der Waals surface area contributed by atoms with Crippen LogP contribution in [0.2, 0.25) is 0 Å². The molecule has 28 heavy (non-hydrogen) atoms. The van der Waals surface area contributed by atoms with E-state index in [1.165, 1.54) is 0 Å². The van der Waals surface area contributed by atoms with E-state index in [9.17, 15) is 14.4 Å². The van der Waals surface area contributed by atoms with Crippen molar-refractivity contribution in [1.29, 1.82) is 0 Å². The zero-order chi connectivity index (χ0) is 20.1. The van der Waals surface area contributed by atoms with Gasteiger partial charge in [0.25, 0.3) is 5.91 Å². The molecule has 0 aliphatic carbocycles. The van der Waals surface area contributed by atoms with E-state index in [0.717, 1.165) is 22.4 Å². The Morgan fingerprint density at radius 2 is 2.04 bits per heavy atom. The zero-order valence-electron chi connectivity index (χ0n) is 15.7. The van der Waals surface area contributed by atoms with Crippen LogP contribution in [-0.4, -0.2) is 28.9 Å². The summed E-state index contributed by atoms with van der Waals surface area (Å²) in [5.74, 6) is 0.634. The molecule has 1 aliphatic rings. The van der Waals surface area contributed by atoms with Crippen LogP contribution in [0, 0.1) is 13.8 Å². The molecule has 1 aromatic heterocycles. The van der Waals surface area contributed by atoms with Crippen LogP contribution in [0.3, 0.4) is 0 Å². The maximum Gasteiger partial charge on any atom is 0.322 e. The topological polar surface area (TPSA) is 109 Å².